The van der Waals surface area contributed by atoms with Crippen molar-refractivity contribution in [3.8, 4) is 0 Å². The molecule has 0 atom stereocenters. The van der Waals surface area contributed by atoms with Crippen LogP contribution in [0.3, 0.4) is 0 Å². The van der Waals surface area contributed by atoms with Crippen molar-refractivity contribution < 1.29 is 29.8 Å². The van der Waals surface area contributed by atoms with Crippen LogP contribution in [0.25, 0.3) is 0 Å². The van der Waals surface area contributed by atoms with E-state index in [0.29, 0.717) is 0 Å². The van der Waals surface area contributed by atoms with E-state index in [9.17, 15) is 14.4 Å². The maximum atomic E-state index is 9.40. The molecule has 69 valence electrons. The van der Waals surface area contributed by atoms with Crippen LogP contribution in [0.2, 0.25) is 5.02 Å². The molecule has 13 heavy (non-hydrogen) atoms. The van der Waals surface area contributed by atoms with E-state index in [1.807, 2.05) is 24.3 Å². The SMILES string of the molecule is Cl[c-]1cccc1.O=[C]=[Re](=[C]=O)=[C]=O. The second-order valence-corrected chi connectivity index (χ2v) is 5.75. The van der Waals surface area contributed by atoms with Crippen LogP contribution in [0.5, 0.6) is 0 Å². The van der Waals surface area contributed by atoms with Crippen LogP contribution in [0, 0.1) is 0 Å². The summed E-state index contributed by atoms with van der Waals surface area (Å²) in [6.45, 7) is 0. The monoisotopic (exact) mass is 370 g/mol. The fourth-order valence-corrected chi connectivity index (χ4v) is 0.883. The molecule has 0 saturated carbocycles. The van der Waals surface area contributed by atoms with Gasteiger partial charge in [0.05, 0.1) is 0 Å². The molecule has 0 heterocycles. The first-order valence-corrected chi connectivity index (χ1v) is 7.40. The Kier molecular flexibility index (Phi) is 7.11. The summed E-state index contributed by atoms with van der Waals surface area (Å²) in [5.74, 6) is 0. The van der Waals surface area contributed by atoms with Gasteiger partial charge in [-0.2, -0.15) is 23.7 Å². The Morgan fingerprint density at radius 1 is 1.00 bits per heavy atom. The van der Waals surface area contributed by atoms with Gasteiger partial charge in [-0.25, -0.2) is 12.1 Å². The van der Waals surface area contributed by atoms with Gasteiger partial charge in [0.15, 0.2) is 0 Å². The number of hydrogen-bond acceptors (Lipinski definition) is 3. The van der Waals surface area contributed by atoms with E-state index in [1.54, 1.807) is 0 Å². The summed E-state index contributed by atoms with van der Waals surface area (Å²) in [5.41, 5.74) is 0. The number of rotatable bonds is 0. The predicted molar refractivity (Wildman–Crippen MR) is 44.1 cm³/mol. The molecule has 1 aromatic carbocycles. The molecular formula is C8H4ClO3Re-. The molecule has 1 aromatic rings. The van der Waals surface area contributed by atoms with E-state index in [1.165, 1.54) is 13.1 Å². The molecule has 0 spiro atoms. The topological polar surface area (TPSA) is 51.2 Å². The van der Waals surface area contributed by atoms with Crippen LogP contribution < -0.4 is 0 Å². The Hall–Kier alpha value is -0.958. The van der Waals surface area contributed by atoms with Gasteiger partial charge in [0.25, 0.3) is 0 Å². The number of halogens is 1. The Labute approximate surface area is 83.8 Å². The van der Waals surface area contributed by atoms with E-state index in [4.69, 9.17) is 11.6 Å². The van der Waals surface area contributed by atoms with E-state index < -0.39 is 15.4 Å². The molecular weight excluding hydrogens is 366 g/mol. The summed E-state index contributed by atoms with van der Waals surface area (Å²) in [5, 5.41) is 0.815. The first-order valence-electron chi connectivity index (χ1n) is 2.95. The maximum absolute atomic E-state index is 9.40. The minimum absolute atomic E-state index is 0.815. The van der Waals surface area contributed by atoms with Gasteiger partial charge in [-0.15, -0.1) is 0 Å². The molecule has 0 aromatic heterocycles. The van der Waals surface area contributed by atoms with Crippen LogP contribution in [-0.2, 0) is 29.8 Å². The van der Waals surface area contributed by atoms with Crippen LogP contribution in [0.4, 0.5) is 0 Å². The average molecular weight is 370 g/mol. The first kappa shape index (κ1) is 12.0. The number of carbonyl (C=O) groups excluding carboxylic acids is 3. The van der Waals surface area contributed by atoms with E-state index in [0.717, 1.165) is 5.02 Å². The van der Waals surface area contributed by atoms with Crippen LogP contribution in [-0.4, -0.2) is 13.1 Å². The summed E-state index contributed by atoms with van der Waals surface area (Å²) < 4.78 is 3.87. The molecule has 0 unspecified atom stereocenters. The van der Waals surface area contributed by atoms with Gasteiger partial charge in [0, 0.05) is 0 Å². The molecule has 0 bridgehead atoms. The minimum atomic E-state index is -2.97. The molecule has 3 nitrogen and oxygen atoms in total. The molecule has 0 radical (unpaired) electrons. The standard InChI is InChI=1S/C5H4Cl.3CO.Re/c6-5-3-1-2-4-5;3*1-2;/h1-4H;;;;/q-1;;;;. The van der Waals surface area contributed by atoms with Gasteiger partial charge in [0.2, 0.25) is 0 Å². The zero-order valence-electron chi connectivity index (χ0n) is 6.29. The third-order valence-electron chi connectivity index (χ3n) is 0.853. The quantitative estimate of drug-likeness (QED) is 0.638. The molecule has 0 fully saturated rings. The first-order chi connectivity index (χ1) is 6.24. The van der Waals surface area contributed by atoms with Gasteiger partial charge >= 0.3 is 42.8 Å². The molecule has 5 heteroatoms. The molecule has 1 rings (SSSR count). The number of hydrogen-bond donors (Lipinski definition) is 0. The Morgan fingerprint density at radius 3 is 1.46 bits per heavy atom. The van der Waals surface area contributed by atoms with Crippen molar-refractivity contribution in [2.45, 2.75) is 0 Å². The Balaban J connectivity index is 0.000000223. The molecule has 0 aliphatic carbocycles. The second kappa shape index (κ2) is 7.68. The van der Waals surface area contributed by atoms with Crippen molar-refractivity contribution in [2.75, 3.05) is 0 Å². The van der Waals surface area contributed by atoms with Gasteiger partial charge in [0.1, 0.15) is 0 Å². The summed E-state index contributed by atoms with van der Waals surface area (Å²) in [4.78, 5) is 28.2. The Morgan fingerprint density at radius 2 is 1.38 bits per heavy atom. The molecule has 0 N–H and O–H groups in total. The van der Waals surface area contributed by atoms with Crippen LogP contribution in [0.1, 0.15) is 0 Å². The molecule has 0 amide bonds. The van der Waals surface area contributed by atoms with E-state index in [-0.39, 0.29) is 0 Å². The van der Waals surface area contributed by atoms with Gasteiger partial charge < -0.3 is 0 Å². The Bertz CT molecular complexity index is 408. The van der Waals surface area contributed by atoms with Crippen molar-refractivity contribution in [2.24, 2.45) is 0 Å². The summed E-state index contributed by atoms with van der Waals surface area (Å²) in [6.07, 6.45) is 0. The molecule has 0 aliphatic rings. The van der Waals surface area contributed by atoms with Crippen molar-refractivity contribution >= 4 is 24.7 Å². The van der Waals surface area contributed by atoms with Crippen LogP contribution >= 0.6 is 11.6 Å². The van der Waals surface area contributed by atoms with Crippen molar-refractivity contribution in [1.82, 2.24) is 0 Å². The molecule has 0 aliphatic heterocycles. The van der Waals surface area contributed by atoms with Crippen molar-refractivity contribution in [1.29, 1.82) is 0 Å². The normalized spacial score (nSPS) is 6.85. The fourth-order valence-electron chi connectivity index (χ4n) is 0.398. The van der Waals surface area contributed by atoms with Crippen molar-refractivity contribution in [3.05, 3.63) is 29.3 Å². The van der Waals surface area contributed by atoms with Crippen LogP contribution in [0.15, 0.2) is 24.3 Å². The average Bonchev–Trinajstić information content (AvgIpc) is 2.60. The summed E-state index contributed by atoms with van der Waals surface area (Å²) in [6, 6.07) is 7.51. The second-order valence-electron chi connectivity index (χ2n) is 1.62. The third kappa shape index (κ3) is 6.23. The van der Waals surface area contributed by atoms with E-state index in [2.05, 4.69) is 0 Å². The zero-order chi connectivity index (χ0) is 10.1. The van der Waals surface area contributed by atoms with E-state index >= 15 is 0 Å². The predicted octanol–water partition coefficient (Wildman–Crippen LogP) is 0.865. The summed E-state index contributed by atoms with van der Waals surface area (Å²) >= 11 is 2.48. The summed E-state index contributed by atoms with van der Waals surface area (Å²) in [7, 11) is 0. The van der Waals surface area contributed by atoms with Gasteiger partial charge in [-0.3, -0.25) is 0 Å². The van der Waals surface area contributed by atoms with Gasteiger partial charge in [-0.05, 0) is 0 Å². The fraction of sp³-hybridized carbons (Fsp3) is 0. The molecule has 0 saturated heterocycles. The van der Waals surface area contributed by atoms with Crippen molar-refractivity contribution in [3.63, 3.8) is 0 Å². The third-order valence-corrected chi connectivity index (χ3v) is 2.77. The zero-order valence-corrected chi connectivity index (χ0v) is 9.76. The van der Waals surface area contributed by atoms with Gasteiger partial charge in [-0.1, -0.05) is 5.02 Å².